The van der Waals surface area contributed by atoms with Crippen LogP contribution in [0.2, 0.25) is 0 Å². The number of carbonyl (C=O) groups is 2. The second kappa shape index (κ2) is 10.7. The van der Waals surface area contributed by atoms with Gasteiger partial charge in [-0.25, -0.2) is 4.79 Å². The van der Waals surface area contributed by atoms with Crippen molar-refractivity contribution in [3.05, 3.63) is 48.3 Å². The van der Waals surface area contributed by atoms with Crippen molar-refractivity contribution in [2.24, 2.45) is 0 Å². The summed E-state index contributed by atoms with van der Waals surface area (Å²) in [6.45, 7) is 1.44. The molecule has 1 aliphatic carbocycles. The fourth-order valence-corrected chi connectivity index (χ4v) is 3.87. The van der Waals surface area contributed by atoms with E-state index in [9.17, 15) is 18.0 Å². The standard InChI is InChI=1S/C21H27N5O.C2HF3O2/c1-24(2)14-11-22-21(27)17-15-20(25-12-6-5-9-19(17)25)18-10-13-26(23-18)16-7-3-4-8-16;3-2(4,5)1(6)7/h5-6,9-10,12-13,15-16H,3-4,7-8,11,14H2,1-2H3,(H,22,27);(H,6,7). The topological polar surface area (TPSA) is 91.9 Å². The Hall–Kier alpha value is -3.34. The van der Waals surface area contributed by atoms with Crippen LogP contribution in [0.4, 0.5) is 13.2 Å². The molecule has 3 aromatic rings. The summed E-state index contributed by atoms with van der Waals surface area (Å²) in [4.78, 5) is 23.7. The molecule has 0 saturated heterocycles. The highest BCUT2D eigenvalue weighted by Gasteiger charge is 2.38. The molecule has 0 bridgehead atoms. The summed E-state index contributed by atoms with van der Waals surface area (Å²) in [5, 5.41) is 15.0. The number of amides is 1. The van der Waals surface area contributed by atoms with Crippen LogP contribution in [0, 0.1) is 0 Å². The molecule has 34 heavy (non-hydrogen) atoms. The van der Waals surface area contributed by atoms with Gasteiger partial charge in [-0.3, -0.25) is 9.48 Å². The quantitative estimate of drug-likeness (QED) is 0.561. The van der Waals surface area contributed by atoms with Gasteiger partial charge in [-0.1, -0.05) is 18.9 Å². The lowest BCUT2D eigenvalue weighted by molar-refractivity contribution is -0.192. The molecule has 8 nitrogen and oxygen atoms in total. The van der Waals surface area contributed by atoms with E-state index in [0.717, 1.165) is 23.4 Å². The normalized spacial score (nSPS) is 14.3. The third kappa shape index (κ3) is 6.16. The van der Waals surface area contributed by atoms with Crippen molar-refractivity contribution in [2.75, 3.05) is 27.2 Å². The highest BCUT2D eigenvalue weighted by atomic mass is 19.4. The molecule has 11 heteroatoms. The lowest BCUT2D eigenvalue weighted by Gasteiger charge is -2.10. The Labute approximate surface area is 195 Å². The molecule has 1 fully saturated rings. The first-order valence-corrected chi connectivity index (χ1v) is 11.0. The van der Waals surface area contributed by atoms with E-state index in [-0.39, 0.29) is 5.91 Å². The van der Waals surface area contributed by atoms with Gasteiger partial charge in [0.15, 0.2) is 0 Å². The Bertz CT molecular complexity index is 1130. The van der Waals surface area contributed by atoms with Crippen LogP contribution in [-0.4, -0.2) is 69.4 Å². The Morgan fingerprint density at radius 2 is 1.85 bits per heavy atom. The highest BCUT2D eigenvalue weighted by molar-refractivity contribution is 6.02. The van der Waals surface area contributed by atoms with Crippen molar-refractivity contribution >= 4 is 17.4 Å². The van der Waals surface area contributed by atoms with E-state index in [2.05, 4.69) is 31.6 Å². The first-order valence-electron chi connectivity index (χ1n) is 11.0. The summed E-state index contributed by atoms with van der Waals surface area (Å²) in [5.74, 6) is -2.80. The van der Waals surface area contributed by atoms with Crippen LogP contribution in [-0.2, 0) is 4.79 Å². The van der Waals surface area contributed by atoms with Crippen LogP contribution in [0.5, 0.6) is 0 Å². The molecule has 0 spiro atoms. The van der Waals surface area contributed by atoms with Gasteiger partial charge in [0.2, 0.25) is 0 Å². The highest BCUT2D eigenvalue weighted by Crippen LogP contribution is 2.31. The molecule has 4 rings (SSSR count). The van der Waals surface area contributed by atoms with Crippen LogP contribution in [0.3, 0.4) is 0 Å². The second-order valence-electron chi connectivity index (χ2n) is 8.38. The van der Waals surface area contributed by atoms with Gasteiger partial charge in [-0.15, -0.1) is 0 Å². The van der Waals surface area contributed by atoms with E-state index in [1.807, 2.05) is 44.6 Å². The Balaban J connectivity index is 0.000000406. The van der Waals surface area contributed by atoms with E-state index < -0.39 is 12.1 Å². The lowest BCUT2D eigenvalue weighted by Crippen LogP contribution is -2.31. The van der Waals surface area contributed by atoms with Crippen LogP contribution < -0.4 is 5.32 Å². The molecule has 1 saturated carbocycles. The monoisotopic (exact) mass is 479 g/mol. The van der Waals surface area contributed by atoms with Crippen LogP contribution >= 0.6 is 0 Å². The molecule has 184 valence electrons. The number of pyridine rings is 1. The largest absolute Gasteiger partial charge is 0.490 e. The number of carboxylic acid groups (broad SMARTS) is 1. The predicted octanol–water partition coefficient (Wildman–Crippen LogP) is 3.84. The zero-order chi connectivity index (χ0) is 24.9. The van der Waals surface area contributed by atoms with E-state index in [0.29, 0.717) is 18.2 Å². The van der Waals surface area contributed by atoms with Gasteiger partial charge in [0, 0.05) is 25.5 Å². The third-order valence-electron chi connectivity index (χ3n) is 5.58. The number of aliphatic carboxylic acids is 1. The fraction of sp³-hybridized carbons (Fsp3) is 0.435. The van der Waals surface area contributed by atoms with Gasteiger partial charge in [-0.2, -0.15) is 18.3 Å². The molecule has 1 aliphatic rings. The fourth-order valence-electron chi connectivity index (χ4n) is 3.87. The summed E-state index contributed by atoms with van der Waals surface area (Å²) >= 11 is 0. The summed E-state index contributed by atoms with van der Waals surface area (Å²) in [7, 11) is 4.00. The van der Waals surface area contributed by atoms with Crippen molar-refractivity contribution in [1.82, 2.24) is 24.4 Å². The number of aromatic nitrogens is 3. The molecule has 0 radical (unpaired) electrons. The van der Waals surface area contributed by atoms with Crippen molar-refractivity contribution in [2.45, 2.75) is 37.9 Å². The maximum atomic E-state index is 12.7. The Morgan fingerprint density at radius 3 is 2.47 bits per heavy atom. The lowest BCUT2D eigenvalue weighted by atomic mass is 10.2. The number of hydrogen-bond acceptors (Lipinski definition) is 4. The van der Waals surface area contributed by atoms with Gasteiger partial charge in [0.05, 0.1) is 22.8 Å². The molecular weight excluding hydrogens is 451 g/mol. The summed E-state index contributed by atoms with van der Waals surface area (Å²) in [5.41, 5.74) is 3.47. The molecule has 3 heterocycles. The minimum Gasteiger partial charge on any atom is -0.475 e. The number of alkyl halides is 3. The number of nitrogens with one attached hydrogen (secondary N) is 1. The number of hydrogen-bond donors (Lipinski definition) is 2. The van der Waals surface area contributed by atoms with Gasteiger partial charge in [-0.05, 0) is 51.2 Å². The Kier molecular flexibility index (Phi) is 7.98. The molecular formula is C23H28F3N5O3. The molecule has 3 aromatic heterocycles. The average molecular weight is 480 g/mol. The van der Waals surface area contributed by atoms with Crippen molar-refractivity contribution < 1.29 is 27.9 Å². The third-order valence-corrected chi connectivity index (χ3v) is 5.58. The Morgan fingerprint density at radius 1 is 1.18 bits per heavy atom. The molecule has 0 atom stereocenters. The second-order valence-corrected chi connectivity index (χ2v) is 8.38. The smallest absolute Gasteiger partial charge is 0.475 e. The van der Waals surface area contributed by atoms with Gasteiger partial charge in [0.1, 0.15) is 5.69 Å². The van der Waals surface area contributed by atoms with Crippen molar-refractivity contribution in [3.8, 4) is 11.4 Å². The summed E-state index contributed by atoms with van der Waals surface area (Å²) in [6.07, 6.45) is 3.96. The van der Waals surface area contributed by atoms with E-state index in [1.165, 1.54) is 25.7 Å². The SMILES string of the molecule is CN(C)CCNC(=O)c1cc(-c2ccn(C3CCCC3)n2)n2ccccc12.O=C(O)C(F)(F)F. The maximum absolute atomic E-state index is 12.7. The minimum absolute atomic E-state index is 0.0398. The van der Waals surface area contributed by atoms with E-state index in [1.54, 1.807) is 0 Å². The molecule has 0 aliphatic heterocycles. The van der Waals surface area contributed by atoms with Crippen molar-refractivity contribution in [3.63, 3.8) is 0 Å². The van der Waals surface area contributed by atoms with Gasteiger partial charge < -0.3 is 19.7 Å². The molecule has 0 unspecified atom stereocenters. The summed E-state index contributed by atoms with van der Waals surface area (Å²) < 4.78 is 35.9. The number of nitrogens with zero attached hydrogens (tertiary/aromatic N) is 4. The van der Waals surface area contributed by atoms with Crippen molar-refractivity contribution in [1.29, 1.82) is 0 Å². The van der Waals surface area contributed by atoms with E-state index >= 15 is 0 Å². The van der Waals surface area contributed by atoms with E-state index in [4.69, 9.17) is 15.0 Å². The first-order chi connectivity index (χ1) is 16.1. The van der Waals surface area contributed by atoms with Crippen LogP contribution in [0.15, 0.2) is 42.7 Å². The van der Waals surface area contributed by atoms with Gasteiger partial charge >= 0.3 is 12.1 Å². The number of rotatable bonds is 6. The molecule has 2 N–H and O–H groups in total. The predicted molar refractivity (Wildman–Crippen MR) is 121 cm³/mol. The molecule has 1 amide bonds. The number of halogens is 3. The number of fused-ring (bicyclic) bond motifs is 1. The van der Waals surface area contributed by atoms with Crippen LogP contribution in [0.1, 0.15) is 42.1 Å². The number of carboxylic acids is 1. The molecule has 0 aromatic carbocycles. The van der Waals surface area contributed by atoms with Crippen LogP contribution in [0.25, 0.3) is 16.9 Å². The summed E-state index contributed by atoms with van der Waals surface area (Å²) in [6, 6.07) is 10.5. The number of likely N-dealkylation sites (N-methyl/N-ethyl adjacent to an activating group) is 1. The minimum atomic E-state index is -5.08. The first kappa shape index (κ1) is 25.3. The maximum Gasteiger partial charge on any atom is 0.490 e. The van der Waals surface area contributed by atoms with Gasteiger partial charge in [0.25, 0.3) is 5.91 Å². The average Bonchev–Trinajstić information content (AvgIpc) is 3.51. The zero-order valence-corrected chi connectivity index (χ0v) is 19.0. The zero-order valence-electron chi connectivity index (χ0n) is 19.0. The number of carbonyl (C=O) groups excluding carboxylic acids is 1.